The van der Waals surface area contributed by atoms with E-state index in [1.807, 2.05) is 17.5 Å². The molecule has 3 rings (SSSR count). The SMILES string of the molecule is CC(C)[C@@H](NC(=O)Nc1ccc2c(c1)NC(=O)[C@H](C)O2)c1cccs1. The maximum absolute atomic E-state index is 12.4. The van der Waals surface area contributed by atoms with E-state index < -0.39 is 6.10 Å². The number of anilines is 2. The number of nitrogens with one attached hydrogen (secondary N) is 3. The third-order valence-electron chi connectivity index (χ3n) is 3.97. The quantitative estimate of drug-likeness (QED) is 0.772. The number of benzene rings is 1. The molecule has 2 atom stereocenters. The lowest BCUT2D eigenvalue weighted by atomic mass is 10.0. The van der Waals surface area contributed by atoms with Crippen LogP contribution in [-0.4, -0.2) is 18.0 Å². The van der Waals surface area contributed by atoms with Gasteiger partial charge >= 0.3 is 6.03 Å². The first-order valence-electron chi connectivity index (χ1n) is 8.16. The van der Waals surface area contributed by atoms with Gasteiger partial charge in [0.1, 0.15) is 5.75 Å². The molecule has 1 aromatic carbocycles. The van der Waals surface area contributed by atoms with Crippen LogP contribution < -0.4 is 20.7 Å². The Labute approximate surface area is 150 Å². The minimum atomic E-state index is -0.521. The molecule has 7 heteroatoms. The van der Waals surface area contributed by atoms with Crippen LogP contribution in [0.3, 0.4) is 0 Å². The van der Waals surface area contributed by atoms with Crippen molar-refractivity contribution in [2.45, 2.75) is 32.9 Å². The highest BCUT2D eigenvalue weighted by atomic mass is 32.1. The summed E-state index contributed by atoms with van der Waals surface area (Å²) in [6, 6.07) is 8.82. The van der Waals surface area contributed by atoms with Crippen molar-refractivity contribution in [3.05, 3.63) is 40.6 Å². The van der Waals surface area contributed by atoms with E-state index in [-0.39, 0.29) is 23.9 Å². The van der Waals surface area contributed by atoms with Crippen molar-refractivity contribution in [3.8, 4) is 5.75 Å². The molecule has 0 radical (unpaired) electrons. The molecule has 25 heavy (non-hydrogen) atoms. The second kappa shape index (κ2) is 7.14. The molecule has 1 aliphatic heterocycles. The van der Waals surface area contributed by atoms with E-state index in [0.29, 0.717) is 17.1 Å². The molecule has 132 valence electrons. The Morgan fingerprint density at radius 1 is 1.32 bits per heavy atom. The van der Waals surface area contributed by atoms with Crippen molar-refractivity contribution in [2.24, 2.45) is 5.92 Å². The highest BCUT2D eigenvalue weighted by Gasteiger charge is 2.24. The highest BCUT2D eigenvalue weighted by Crippen LogP contribution is 2.32. The van der Waals surface area contributed by atoms with Gasteiger partial charge in [-0.3, -0.25) is 4.79 Å². The molecule has 6 nitrogen and oxygen atoms in total. The van der Waals surface area contributed by atoms with Gasteiger partial charge in [-0.15, -0.1) is 11.3 Å². The van der Waals surface area contributed by atoms with E-state index in [9.17, 15) is 9.59 Å². The predicted molar refractivity (Wildman–Crippen MR) is 99.2 cm³/mol. The van der Waals surface area contributed by atoms with E-state index >= 15 is 0 Å². The molecule has 0 saturated heterocycles. The van der Waals surface area contributed by atoms with Crippen LogP contribution >= 0.6 is 11.3 Å². The molecular formula is C18H21N3O3S. The van der Waals surface area contributed by atoms with Crippen LogP contribution in [0.15, 0.2) is 35.7 Å². The van der Waals surface area contributed by atoms with Crippen LogP contribution in [-0.2, 0) is 4.79 Å². The second-order valence-electron chi connectivity index (χ2n) is 6.30. The van der Waals surface area contributed by atoms with Gasteiger partial charge in [-0.25, -0.2) is 4.79 Å². The number of hydrogen-bond acceptors (Lipinski definition) is 4. The van der Waals surface area contributed by atoms with Gasteiger partial charge in [-0.2, -0.15) is 0 Å². The van der Waals surface area contributed by atoms with Crippen LogP contribution in [0.25, 0.3) is 0 Å². The molecule has 0 saturated carbocycles. The van der Waals surface area contributed by atoms with Gasteiger partial charge in [0.05, 0.1) is 11.7 Å². The molecule has 1 aromatic heterocycles. The molecule has 0 spiro atoms. The van der Waals surface area contributed by atoms with Crippen molar-refractivity contribution >= 4 is 34.6 Å². The normalized spacial score (nSPS) is 17.3. The average molecular weight is 359 g/mol. The molecule has 1 aliphatic rings. The van der Waals surface area contributed by atoms with Gasteiger partial charge in [-0.1, -0.05) is 19.9 Å². The number of carbonyl (C=O) groups excluding carboxylic acids is 2. The molecular weight excluding hydrogens is 338 g/mol. The minimum absolute atomic E-state index is 0.0542. The van der Waals surface area contributed by atoms with Crippen LogP contribution in [0, 0.1) is 5.92 Å². The van der Waals surface area contributed by atoms with Gasteiger partial charge in [0.15, 0.2) is 6.10 Å². The third kappa shape index (κ3) is 3.93. The lowest BCUT2D eigenvalue weighted by Gasteiger charge is -2.24. The number of amides is 3. The standard InChI is InChI=1S/C18H21N3O3S/c1-10(2)16(15-5-4-8-25-15)21-18(23)19-12-6-7-14-13(9-12)20-17(22)11(3)24-14/h4-11,16H,1-3H3,(H,20,22)(H2,19,21,23)/t11-,16+/m0/s1. The fraction of sp³-hybridized carbons (Fsp3) is 0.333. The molecule has 0 aliphatic carbocycles. The molecule has 2 aromatic rings. The number of rotatable bonds is 4. The smallest absolute Gasteiger partial charge is 0.319 e. The van der Waals surface area contributed by atoms with Crippen molar-refractivity contribution in [1.29, 1.82) is 0 Å². The van der Waals surface area contributed by atoms with E-state index in [4.69, 9.17) is 4.74 Å². The summed E-state index contributed by atoms with van der Waals surface area (Å²) < 4.78 is 5.51. The summed E-state index contributed by atoms with van der Waals surface area (Å²) in [4.78, 5) is 25.2. The molecule has 3 N–H and O–H groups in total. The van der Waals surface area contributed by atoms with Gasteiger partial charge in [0, 0.05) is 10.6 Å². The van der Waals surface area contributed by atoms with Gasteiger partial charge in [0.25, 0.3) is 5.91 Å². The van der Waals surface area contributed by atoms with Crippen LogP contribution in [0.5, 0.6) is 5.75 Å². The zero-order chi connectivity index (χ0) is 18.0. The molecule has 0 unspecified atom stereocenters. The minimum Gasteiger partial charge on any atom is -0.479 e. The summed E-state index contributed by atoms with van der Waals surface area (Å²) >= 11 is 1.62. The fourth-order valence-electron chi connectivity index (χ4n) is 2.63. The highest BCUT2D eigenvalue weighted by molar-refractivity contribution is 7.10. The van der Waals surface area contributed by atoms with Crippen molar-refractivity contribution < 1.29 is 14.3 Å². The largest absolute Gasteiger partial charge is 0.479 e. The summed E-state index contributed by atoms with van der Waals surface area (Å²) in [5.74, 6) is 0.658. The Morgan fingerprint density at radius 2 is 2.12 bits per heavy atom. The predicted octanol–water partition coefficient (Wildman–Crippen LogP) is 3.99. The van der Waals surface area contributed by atoms with Gasteiger partial charge < -0.3 is 20.7 Å². The van der Waals surface area contributed by atoms with Gasteiger partial charge in [0.2, 0.25) is 0 Å². The van der Waals surface area contributed by atoms with E-state index in [0.717, 1.165) is 4.88 Å². The van der Waals surface area contributed by atoms with Crippen LogP contribution in [0.2, 0.25) is 0 Å². The first-order chi connectivity index (χ1) is 11.9. The summed E-state index contributed by atoms with van der Waals surface area (Å²) in [7, 11) is 0. The lowest BCUT2D eigenvalue weighted by molar-refractivity contribution is -0.122. The molecule has 0 fully saturated rings. The van der Waals surface area contributed by atoms with Crippen molar-refractivity contribution in [1.82, 2.24) is 5.32 Å². The summed E-state index contributed by atoms with van der Waals surface area (Å²) in [5.41, 5.74) is 1.14. The number of thiophene rings is 1. The van der Waals surface area contributed by atoms with Crippen LogP contribution in [0.4, 0.5) is 16.2 Å². The maximum Gasteiger partial charge on any atom is 0.319 e. The van der Waals surface area contributed by atoms with Crippen LogP contribution in [0.1, 0.15) is 31.7 Å². The second-order valence-corrected chi connectivity index (χ2v) is 7.28. The molecule has 0 bridgehead atoms. The number of carbonyl (C=O) groups is 2. The average Bonchev–Trinajstić information content (AvgIpc) is 3.08. The Morgan fingerprint density at radius 3 is 2.80 bits per heavy atom. The van der Waals surface area contributed by atoms with Crippen molar-refractivity contribution in [3.63, 3.8) is 0 Å². The Hall–Kier alpha value is -2.54. The van der Waals surface area contributed by atoms with E-state index in [1.54, 1.807) is 36.5 Å². The summed E-state index contributed by atoms with van der Waals surface area (Å²) in [6.45, 7) is 5.82. The molecule has 3 amide bonds. The number of hydrogen-bond donors (Lipinski definition) is 3. The maximum atomic E-state index is 12.4. The lowest BCUT2D eigenvalue weighted by Crippen LogP contribution is -2.35. The summed E-state index contributed by atoms with van der Waals surface area (Å²) in [5, 5.41) is 10.6. The summed E-state index contributed by atoms with van der Waals surface area (Å²) in [6.07, 6.45) is -0.521. The topological polar surface area (TPSA) is 79.5 Å². The number of fused-ring (bicyclic) bond motifs is 1. The first-order valence-corrected chi connectivity index (χ1v) is 9.04. The molecule has 2 heterocycles. The monoisotopic (exact) mass is 359 g/mol. The Kier molecular flexibility index (Phi) is 4.94. The van der Waals surface area contributed by atoms with E-state index in [2.05, 4.69) is 29.8 Å². The first kappa shape index (κ1) is 17.3. The third-order valence-corrected chi connectivity index (χ3v) is 4.93. The fourth-order valence-corrected chi connectivity index (χ4v) is 3.58. The Bertz CT molecular complexity index is 774. The number of urea groups is 1. The van der Waals surface area contributed by atoms with E-state index in [1.165, 1.54) is 0 Å². The Balaban J connectivity index is 1.69. The van der Waals surface area contributed by atoms with Crippen molar-refractivity contribution in [2.75, 3.05) is 10.6 Å². The zero-order valence-corrected chi connectivity index (χ0v) is 15.1. The van der Waals surface area contributed by atoms with Gasteiger partial charge in [-0.05, 0) is 42.5 Å². The zero-order valence-electron chi connectivity index (χ0n) is 14.3. The number of ether oxygens (including phenoxy) is 1.